The number of aliphatic hydroxyl groups is 1. The maximum absolute atomic E-state index is 12.6. The number of hydrogen-bond acceptors (Lipinski definition) is 7. The predicted octanol–water partition coefficient (Wildman–Crippen LogP) is 1.59. The smallest absolute Gasteiger partial charge is 0.294 e. The molecule has 2 aromatic rings. The maximum Gasteiger partial charge on any atom is 0.294 e. The number of nitrogens with zero attached hydrogens (tertiary/aromatic N) is 3. The van der Waals surface area contributed by atoms with Crippen LogP contribution < -0.4 is 10.3 Å². The Morgan fingerprint density at radius 3 is 2.82 bits per heavy atom. The second-order valence-electron chi connectivity index (χ2n) is 7.05. The van der Waals surface area contributed by atoms with E-state index in [1.165, 1.54) is 10.6 Å². The molecule has 1 N–H and O–H groups in total. The highest BCUT2D eigenvalue weighted by Crippen LogP contribution is 2.41. The number of fused-ring (bicyclic) bond motifs is 1. The van der Waals surface area contributed by atoms with Gasteiger partial charge in [-0.3, -0.25) is 4.79 Å². The van der Waals surface area contributed by atoms with E-state index in [1.54, 1.807) is 44.3 Å². The van der Waals surface area contributed by atoms with Crippen molar-refractivity contribution in [3.05, 3.63) is 73.7 Å². The number of rotatable bonds is 5. The number of aliphatic hydroxyl groups excluding tert-OH is 1. The summed E-state index contributed by atoms with van der Waals surface area (Å²) in [5.74, 6) is 0.480. The van der Waals surface area contributed by atoms with E-state index in [4.69, 9.17) is 4.74 Å². The lowest BCUT2D eigenvalue weighted by Crippen LogP contribution is -2.52. The van der Waals surface area contributed by atoms with Gasteiger partial charge in [0.15, 0.2) is 0 Å². The summed E-state index contributed by atoms with van der Waals surface area (Å²) in [5, 5.41) is 29.6. The largest absolute Gasteiger partial charge is 0.485 e. The van der Waals surface area contributed by atoms with Gasteiger partial charge in [0.25, 0.3) is 10.6 Å². The highest BCUT2D eigenvalue weighted by atomic mass is 16.9. The molecule has 0 radical (unpaired) electrons. The van der Waals surface area contributed by atoms with Crippen molar-refractivity contribution in [2.45, 2.75) is 38.0 Å². The standard InChI is InChI=1S/C19H19N3O6/c1-19(2)18(24)17(14-9-13(10-20)3-5-15(14)28-19)21-11-12(4-6-16(21)23)7-8-27-22(25)26/h3-6,9,11,17-18,24H,7-8H2,1-2H3. The summed E-state index contributed by atoms with van der Waals surface area (Å²) in [4.78, 5) is 27.2. The third-order valence-corrected chi connectivity index (χ3v) is 4.73. The third kappa shape index (κ3) is 3.68. The summed E-state index contributed by atoms with van der Waals surface area (Å²) in [5.41, 5.74) is 0.204. The highest BCUT2D eigenvalue weighted by molar-refractivity contribution is 5.46. The number of ether oxygens (including phenoxy) is 1. The zero-order chi connectivity index (χ0) is 20.5. The molecule has 2 atom stereocenters. The Bertz CT molecular complexity index is 1010. The molecule has 0 spiro atoms. The SMILES string of the molecule is CC1(C)Oc2ccc(C#N)cc2C(n2cc(CCO[N+](=O)[O-])ccc2=O)C1O. The molecule has 1 aliphatic heterocycles. The van der Waals surface area contributed by atoms with Crippen LogP contribution in [-0.2, 0) is 11.3 Å². The molecule has 3 rings (SSSR count). The molecular weight excluding hydrogens is 366 g/mol. The van der Waals surface area contributed by atoms with Gasteiger partial charge >= 0.3 is 0 Å². The van der Waals surface area contributed by atoms with E-state index in [-0.39, 0.29) is 18.6 Å². The number of benzene rings is 1. The molecule has 28 heavy (non-hydrogen) atoms. The summed E-state index contributed by atoms with van der Waals surface area (Å²) in [7, 11) is 0. The normalized spacial score (nSPS) is 19.8. The average molecular weight is 385 g/mol. The molecule has 0 amide bonds. The van der Waals surface area contributed by atoms with Crippen LogP contribution in [0.15, 0.2) is 41.3 Å². The van der Waals surface area contributed by atoms with Crippen molar-refractivity contribution in [2.24, 2.45) is 0 Å². The Morgan fingerprint density at radius 2 is 2.14 bits per heavy atom. The number of nitriles is 1. The van der Waals surface area contributed by atoms with Gasteiger partial charge in [0.2, 0.25) is 0 Å². The molecule has 2 unspecified atom stereocenters. The molecule has 1 aromatic carbocycles. The minimum absolute atomic E-state index is 0.151. The topological polar surface area (TPSA) is 128 Å². The van der Waals surface area contributed by atoms with Gasteiger partial charge in [0.1, 0.15) is 24.1 Å². The molecule has 9 heteroatoms. The van der Waals surface area contributed by atoms with E-state index >= 15 is 0 Å². The summed E-state index contributed by atoms with van der Waals surface area (Å²) < 4.78 is 7.25. The van der Waals surface area contributed by atoms with Crippen LogP contribution in [0, 0.1) is 21.4 Å². The first-order chi connectivity index (χ1) is 13.2. The lowest BCUT2D eigenvalue weighted by molar-refractivity contribution is -0.757. The van der Waals surface area contributed by atoms with E-state index < -0.39 is 22.8 Å². The summed E-state index contributed by atoms with van der Waals surface area (Å²) in [6.07, 6.45) is 0.690. The van der Waals surface area contributed by atoms with Crippen LogP contribution in [0.25, 0.3) is 0 Å². The molecule has 0 saturated heterocycles. The van der Waals surface area contributed by atoms with Crippen molar-refractivity contribution in [1.82, 2.24) is 4.57 Å². The van der Waals surface area contributed by atoms with Gasteiger partial charge < -0.3 is 19.2 Å². The van der Waals surface area contributed by atoms with Gasteiger partial charge in [-0.25, -0.2) is 0 Å². The minimum atomic E-state index is -1.07. The first-order valence-electron chi connectivity index (χ1n) is 8.62. The summed E-state index contributed by atoms with van der Waals surface area (Å²) in [6.45, 7) is 3.28. The minimum Gasteiger partial charge on any atom is -0.485 e. The molecular formula is C19H19N3O6. The molecule has 146 valence electrons. The second-order valence-corrected chi connectivity index (χ2v) is 7.05. The number of aromatic nitrogens is 1. The van der Waals surface area contributed by atoms with E-state index in [0.29, 0.717) is 22.4 Å². The Hall–Kier alpha value is -3.38. The maximum atomic E-state index is 12.6. The van der Waals surface area contributed by atoms with Crippen molar-refractivity contribution in [3.8, 4) is 11.8 Å². The van der Waals surface area contributed by atoms with Crippen LogP contribution in [0.2, 0.25) is 0 Å². The summed E-state index contributed by atoms with van der Waals surface area (Å²) >= 11 is 0. The Balaban J connectivity index is 2.07. The lowest BCUT2D eigenvalue weighted by Gasteiger charge is -2.42. The fourth-order valence-corrected chi connectivity index (χ4v) is 3.29. The average Bonchev–Trinajstić information content (AvgIpc) is 2.64. The quantitative estimate of drug-likeness (QED) is 0.611. The Kier molecular flexibility index (Phi) is 5.07. The molecule has 0 fully saturated rings. The molecule has 2 heterocycles. The Labute approximate surface area is 160 Å². The van der Waals surface area contributed by atoms with Crippen LogP contribution in [0.5, 0.6) is 5.75 Å². The Morgan fingerprint density at radius 1 is 1.39 bits per heavy atom. The zero-order valence-electron chi connectivity index (χ0n) is 15.4. The van der Waals surface area contributed by atoms with Gasteiger partial charge in [-0.15, -0.1) is 10.1 Å². The zero-order valence-corrected chi connectivity index (χ0v) is 15.4. The monoisotopic (exact) mass is 385 g/mol. The van der Waals surface area contributed by atoms with Crippen LogP contribution in [0.1, 0.15) is 36.6 Å². The predicted molar refractivity (Wildman–Crippen MR) is 97.4 cm³/mol. The van der Waals surface area contributed by atoms with Crippen molar-refractivity contribution in [3.63, 3.8) is 0 Å². The summed E-state index contributed by atoms with van der Waals surface area (Å²) in [6, 6.07) is 9.01. The second kappa shape index (κ2) is 7.32. The third-order valence-electron chi connectivity index (χ3n) is 4.73. The molecule has 1 aliphatic rings. The molecule has 9 nitrogen and oxygen atoms in total. The highest BCUT2D eigenvalue weighted by Gasteiger charge is 2.44. The first kappa shape index (κ1) is 19.4. The number of pyridine rings is 1. The van der Waals surface area contributed by atoms with Crippen molar-refractivity contribution < 1.29 is 19.8 Å². The van der Waals surface area contributed by atoms with Gasteiger partial charge in [-0.05, 0) is 44.0 Å². The first-order valence-corrected chi connectivity index (χ1v) is 8.62. The number of hydrogen-bond donors (Lipinski definition) is 1. The van der Waals surface area contributed by atoms with Crippen LogP contribution in [-0.4, -0.2) is 33.1 Å². The van der Waals surface area contributed by atoms with E-state index in [2.05, 4.69) is 4.84 Å². The van der Waals surface area contributed by atoms with Crippen molar-refractivity contribution in [2.75, 3.05) is 6.61 Å². The molecule has 0 aliphatic carbocycles. The van der Waals surface area contributed by atoms with Crippen LogP contribution in [0.4, 0.5) is 0 Å². The van der Waals surface area contributed by atoms with Gasteiger partial charge in [0.05, 0.1) is 17.7 Å². The molecule has 1 aromatic heterocycles. The van der Waals surface area contributed by atoms with Crippen LogP contribution >= 0.6 is 0 Å². The van der Waals surface area contributed by atoms with E-state index in [9.17, 15) is 25.3 Å². The molecule has 0 saturated carbocycles. The van der Waals surface area contributed by atoms with Crippen molar-refractivity contribution in [1.29, 1.82) is 5.26 Å². The fraction of sp³-hybridized carbons (Fsp3) is 0.368. The van der Waals surface area contributed by atoms with Crippen molar-refractivity contribution >= 4 is 0 Å². The molecule has 0 bridgehead atoms. The lowest BCUT2D eigenvalue weighted by atomic mass is 9.85. The van der Waals surface area contributed by atoms with Gasteiger partial charge in [0, 0.05) is 17.8 Å². The van der Waals surface area contributed by atoms with E-state index in [0.717, 1.165) is 0 Å². The van der Waals surface area contributed by atoms with E-state index in [1.807, 2.05) is 6.07 Å². The fourth-order valence-electron chi connectivity index (χ4n) is 3.29. The van der Waals surface area contributed by atoms with Gasteiger partial charge in [-0.2, -0.15) is 5.26 Å². The van der Waals surface area contributed by atoms with Crippen LogP contribution in [0.3, 0.4) is 0 Å². The van der Waals surface area contributed by atoms with Gasteiger partial charge in [-0.1, -0.05) is 6.07 Å².